The standard InChI is InChI=1S/C19H23F2NO5/c1-3-27-18(24)11-17(23)13-4-5-22(19(25)26-2)16(9-13)8-12-6-14(20)10-15(21)7-12/h6-7,10,13,16H,3-5,8-9,11H2,1-2H3/t13-,16-/m1/s1. The van der Waals surface area contributed by atoms with Crippen molar-refractivity contribution in [1.29, 1.82) is 0 Å². The van der Waals surface area contributed by atoms with Gasteiger partial charge in [-0.25, -0.2) is 13.6 Å². The third-order valence-corrected chi connectivity index (χ3v) is 4.60. The van der Waals surface area contributed by atoms with Crippen LogP contribution in [0.4, 0.5) is 13.6 Å². The molecule has 1 aromatic rings. The van der Waals surface area contributed by atoms with Crippen LogP contribution in [-0.4, -0.2) is 49.0 Å². The molecule has 0 saturated carbocycles. The molecule has 1 saturated heterocycles. The van der Waals surface area contributed by atoms with E-state index in [1.54, 1.807) is 6.92 Å². The van der Waals surface area contributed by atoms with Crippen molar-refractivity contribution in [2.75, 3.05) is 20.3 Å². The molecule has 0 radical (unpaired) electrons. The second kappa shape index (κ2) is 9.43. The van der Waals surface area contributed by atoms with E-state index in [-0.39, 0.29) is 38.2 Å². The van der Waals surface area contributed by atoms with E-state index in [0.29, 0.717) is 12.0 Å². The number of carbonyl (C=O) groups excluding carboxylic acids is 3. The highest BCUT2D eigenvalue weighted by molar-refractivity contribution is 5.96. The van der Waals surface area contributed by atoms with Gasteiger partial charge < -0.3 is 14.4 Å². The van der Waals surface area contributed by atoms with Crippen molar-refractivity contribution in [1.82, 2.24) is 4.90 Å². The van der Waals surface area contributed by atoms with Gasteiger partial charge in [-0.3, -0.25) is 9.59 Å². The van der Waals surface area contributed by atoms with E-state index in [0.717, 1.165) is 6.07 Å². The second-order valence-corrected chi connectivity index (χ2v) is 6.47. The van der Waals surface area contributed by atoms with Gasteiger partial charge in [-0.1, -0.05) is 0 Å². The molecule has 2 rings (SSSR count). The average molecular weight is 383 g/mol. The summed E-state index contributed by atoms with van der Waals surface area (Å²) < 4.78 is 36.5. The van der Waals surface area contributed by atoms with E-state index in [2.05, 4.69) is 0 Å². The summed E-state index contributed by atoms with van der Waals surface area (Å²) in [6, 6.07) is 2.70. The lowest BCUT2D eigenvalue weighted by Crippen LogP contribution is -2.48. The van der Waals surface area contributed by atoms with Crippen LogP contribution in [0.15, 0.2) is 18.2 Å². The average Bonchev–Trinajstić information content (AvgIpc) is 2.60. The zero-order chi connectivity index (χ0) is 20.0. The molecular weight excluding hydrogens is 360 g/mol. The van der Waals surface area contributed by atoms with Crippen molar-refractivity contribution in [3.05, 3.63) is 35.4 Å². The summed E-state index contributed by atoms with van der Waals surface area (Å²) >= 11 is 0. The summed E-state index contributed by atoms with van der Waals surface area (Å²) in [5, 5.41) is 0. The Kier molecular flexibility index (Phi) is 7.27. The minimum absolute atomic E-state index is 0.174. The molecule has 8 heteroatoms. The molecule has 1 fully saturated rings. The van der Waals surface area contributed by atoms with Gasteiger partial charge >= 0.3 is 12.1 Å². The lowest BCUT2D eigenvalue weighted by atomic mass is 9.84. The summed E-state index contributed by atoms with van der Waals surface area (Å²) in [5.41, 5.74) is 0.380. The Morgan fingerprint density at radius 3 is 2.44 bits per heavy atom. The number of halogens is 2. The van der Waals surface area contributed by atoms with Crippen LogP contribution in [0.5, 0.6) is 0 Å². The fourth-order valence-electron chi connectivity index (χ4n) is 3.39. The molecule has 2 atom stereocenters. The van der Waals surface area contributed by atoms with Gasteiger partial charge in [0.25, 0.3) is 0 Å². The van der Waals surface area contributed by atoms with Gasteiger partial charge in [0.1, 0.15) is 23.8 Å². The van der Waals surface area contributed by atoms with Crippen LogP contribution < -0.4 is 0 Å². The number of methoxy groups -OCH3 is 1. The third kappa shape index (κ3) is 5.74. The number of ether oxygens (including phenoxy) is 2. The Bertz CT molecular complexity index is 689. The number of Topliss-reactive ketones (excluding diaryl/α,β-unsaturated/α-hetero) is 1. The molecular formula is C19H23F2NO5. The van der Waals surface area contributed by atoms with E-state index < -0.39 is 35.7 Å². The normalized spacial score (nSPS) is 19.5. The highest BCUT2D eigenvalue weighted by atomic mass is 19.1. The fraction of sp³-hybridized carbons (Fsp3) is 0.526. The molecule has 0 unspecified atom stereocenters. The van der Waals surface area contributed by atoms with Crippen LogP contribution in [-0.2, 0) is 25.5 Å². The maximum Gasteiger partial charge on any atom is 0.409 e. The predicted octanol–water partition coefficient (Wildman–Crippen LogP) is 2.88. The highest BCUT2D eigenvalue weighted by Gasteiger charge is 2.36. The Morgan fingerprint density at radius 2 is 1.85 bits per heavy atom. The molecule has 6 nitrogen and oxygen atoms in total. The number of rotatable bonds is 6. The zero-order valence-electron chi connectivity index (χ0n) is 15.4. The van der Waals surface area contributed by atoms with Crippen molar-refractivity contribution in [3.63, 3.8) is 0 Å². The van der Waals surface area contributed by atoms with Crippen molar-refractivity contribution in [3.8, 4) is 0 Å². The molecule has 0 aliphatic carbocycles. The quantitative estimate of drug-likeness (QED) is 0.558. The lowest BCUT2D eigenvalue weighted by Gasteiger charge is -2.38. The van der Waals surface area contributed by atoms with Crippen molar-refractivity contribution < 1.29 is 32.6 Å². The molecule has 1 heterocycles. The van der Waals surface area contributed by atoms with E-state index in [4.69, 9.17) is 9.47 Å². The van der Waals surface area contributed by atoms with Crippen LogP contribution in [0, 0.1) is 17.6 Å². The highest BCUT2D eigenvalue weighted by Crippen LogP contribution is 2.28. The summed E-state index contributed by atoms with van der Waals surface area (Å²) in [5.74, 6) is -2.69. The van der Waals surface area contributed by atoms with Crippen molar-refractivity contribution in [2.45, 2.75) is 38.6 Å². The Labute approximate surface area is 156 Å². The molecule has 1 amide bonds. The van der Waals surface area contributed by atoms with Gasteiger partial charge in [0.2, 0.25) is 0 Å². The number of amides is 1. The number of esters is 1. The summed E-state index contributed by atoms with van der Waals surface area (Å²) in [7, 11) is 1.25. The molecule has 0 spiro atoms. The number of hydrogen-bond acceptors (Lipinski definition) is 5. The molecule has 0 N–H and O–H groups in total. The molecule has 0 aromatic heterocycles. The van der Waals surface area contributed by atoms with E-state index >= 15 is 0 Å². The number of carbonyl (C=O) groups is 3. The molecule has 0 bridgehead atoms. The Hall–Kier alpha value is -2.51. The number of hydrogen-bond donors (Lipinski definition) is 0. The fourth-order valence-corrected chi connectivity index (χ4v) is 3.39. The maximum absolute atomic E-state index is 13.5. The van der Waals surface area contributed by atoms with Crippen molar-refractivity contribution >= 4 is 17.8 Å². The molecule has 148 valence electrons. The van der Waals surface area contributed by atoms with Crippen molar-refractivity contribution in [2.24, 2.45) is 5.92 Å². The van der Waals surface area contributed by atoms with E-state index in [9.17, 15) is 23.2 Å². The molecule has 1 aliphatic rings. The lowest BCUT2D eigenvalue weighted by molar-refractivity contribution is -0.146. The van der Waals surface area contributed by atoms with Crippen LogP contribution in [0.3, 0.4) is 0 Å². The minimum atomic E-state index is -0.708. The van der Waals surface area contributed by atoms with Gasteiger partial charge in [-0.15, -0.1) is 0 Å². The topological polar surface area (TPSA) is 72.9 Å². The first-order chi connectivity index (χ1) is 12.8. The first kappa shape index (κ1) is 20.8. The monoisotopic (exact) mass is 383 g/mol. The summed E-state index contributed by atoms with van der Waals surface area (Å²) in [6.45, 7) is 2.11. The summed E-state index contributed by atoms with van der Waals surface area (Å²) in [4.78, 5) is 37.4. The molecule has 1 aliphatic heterocycles. The van der Waals surface area contributed by atoms with E-state index in [1.165, 1.54) is 24.1 Å². The number of nitrogens with zero attached hydrogens (tertiary/aromatic N) is 1. The van der Waals surface area contributed by atoms with Crippen LogP contribution in [0.25, 0.3) is 0 Å². The van der Waals surface area contributed by atoms with Crippen LogP contribution in [0.1, 0.15) is 31.7 Å². The van der Waals surface area contributed by atoms with Gasteiger partial charge in [0, 0.05) is 24.6 Å². The number of likely N-dealkylation sites (tertiary alicyclic amines) is 1. The first-order valence-electron chi connectivity index (χ1n) is 8.82. The van der Waals surface area contributed by atoms with Crippen LogP contribution >= 0.6 is 0 Å². The second-order valence-electron chi connectivity index (χ2n) is 6.47. The largest absolute Gasteiger partial charge is 0.466 e. The van der Waals surface area contributed by atoms with Crippen LogP contribution in [0.2, 0.25) is 0 Å². The number of benzene rings is 1. The number of piperidine rings is 1. The number of ketones is 1. The van der Waals surface area contributed by atoms with Gasteiger partial charge in [0.15, 0.2) is 0 Å². The molecule has 1 aromatic carbocycles. The SMILES string of the molecule is CCOC(=O)CC(=O)[C@@H]1CCN(C(=O)OC)[C@H](Cc2cc(F)cc(F)c2)C1. The van der Waals surface area contributed by atoms with Gasteiger partial charge in [0.05, 0.1) is 13.7 Å². The smallest absolute Gasteiger partial charge is 0.409 e. The maximum atomic E-state index is 13.5. The minimum Gasteiger partial charge on any atom is -0.466 e. The van der Waals surface area contributed by atoms with E-state index in [1.807, 2.05) is 0 Å². The Morgan fingerprint density at radius 1 is 1.19 bits per heavy atom. The Balaban J connectivity index is 2.13. The first-order valence-corrected chi connectivity index (χ1v) is 8.82. The third-order valence-electron chi connectivity index (χ3n) is 4.60. The van der Waals surface area contributed by atoms with Gasteiger partial charge in [-0.05, 0) is 43.9 Å². The predicted molar refractivity (Wildman–Crippen MR) is 91.9 cm³/mol. The summed E-state index contributed by atoms with van der Waals surface area (Å²) in [6.07, 6.45) is -0.0363. The zero-order valence-corrected chi connectivity index (χ0v) is 15.4. The molecule has 27 heavy (non-hydrogen) atoms. The van der Waals surface area contributed by atoms with Gasteiger partial charge in [-0.2, -0.15) is 0 Å².